The number of hydrogen-bond donors (Lipinski definition) is 2. The third-order valence-corrected chi connectivity index (χ3v) is 7.23. The second-order valence-electron chi connectivity index (χ2n) is 7.16. The maximum atomic E-state index is 10.6. The van der Waals surface area contributed by atoms with Crippen LogP contribution in [0, 0.1) is 6.92 Å². The van der Waals surface area contributed by atoms with Gasteiger partial charge in [0.15, 0.2) is 11.6 Å². The second-order valence-corrected chi connectivity index (χ2v) is 9.41. The van der Waals surface area contributed by atoms with Gasteiger partial charge in [-0.3, -0.25) is 9.59 Å². The number of carbonyl (C=O) groups excluding carboxylic acids is 3. The van der Waals surface area contributed by atoms with Crippen molar-refractivity contribution in [2.45, 2.75) is 40.0 Å². The standard InChI is InChI=1S/C13H15NO2S2.C7H6O2.C2H4O2/c1-8-7-9(15)11-12(10(8)16)18-13(17-11)14-5-3-2-4-6-14;1-5-4-6(8)2-3-7(5)9;1-2(3)4/h7H,2-6H2,1H3,(H-,15,16);2-4H,1H3;1H3,(H,3,4). The summed E-state index contributed by atoms with van der Waals surface area (Å²) in [6, 6.07) is 1.64. The highest BCUT2D eigenvalue weighted by Crippen LogP contribution is 2.38. The number of fused-ring (bicyclic) bond motifs is 1. The quantitative estimate of drug-likeness (QED) is 0.351. The maximum absolute atomic E-state index is 10.6. The van der Waals surface area contributed by atoms with Crippen LogP contribution in [0.1, 0.15) is 38.7 Å². The lowest BCUT2D eigenvalue weighted by molar-refractivity contribution is -0.302. The van der Waals surface area contributed by atoms with Crippen LogP contribution in [0.25, 0.3) is 9.40 Å². The van der Waals surface area contributed by atoms with Gasteiger partial charge >= 0.3 is 3.98 Å². The molecule has 0 atom stereocenters. The summed E-state index contributed by atoms with van der Waals surface area (Å²) in [6.07, 6.45) is 7.67. The molecule has 4 rings (SSSR count). The smallest absolute Gasteiger partial charge is 0.315 e. The van der Waals surface area contributed by atoms with E-state index < -0.39 is 5.97 Å². The van der Waals surface area contributed by atoms with E-state index >= 15 is 0 Å². The summed E-state index contributed by atoms with van der Waals surface area (Å²) < 4.78 is 5.19. The topological polar surface area (TPSA) is 118 Å². The fraction of sp³-hybridized carbons (Fsp3) is 0.364. The van der Waals surface area contributed by atoms with E-state index in [1.54, 1.807) is 35.7 Å². The van der Waals surface area contributed by atoms with Crippen LogP contribution in [0.2, 0.25) is 0 Å². The van der Waals surface area contributed by atoms with Crippen LogP contribution >= 0.6 is 22.7 Å². The van der Waals surface area contributed by atoms with Crippen LogP contribution in [0.3, 0.4) is 0 Å². The lowest BCUT2D eigenvalue weighted by Gasteiger charge is -2.07. The molecule has 2 N–H and O–H groups in total. The molecule has 1 aromatic heterocycles. The zero-order valence-corrected chi connectivity index (χ0v) is 19.3. The summed E-state index contributed by atoms with van der Waals surface area (Å²) in [7, 11) is 0. The number of nitrogens with zero attached hydrogens (tertiary/aromatic N) is 1. The van der Waals surface area contributed by atoms with Gasteiger partial charge in [-0.25, -0.2) is 4.58 Å². The number of piperidine rings is 1. The number of aliphatic carboxylic acids is 1. The van der Waals surface area contributed by atoms with Crippen LogP contribution < -0.4 is 13.7 Å². The van der Waals surface area contributed by atoms with Crippen molar-refractivity contribution in [3.05, 3.63) is 39.4 Å². The van der Waals surface area contributed by atoms with Crippen molar-refractivity contribution in [1.29, 1.82) is 0 Å². The Morgan fingerprint density at radius 1 is 1.03 bits per heavy atom. The predicted molar refractivity (Wildman–Crippen MR) is 120 cm³/mol. The number of ketones is 2. The molecule has 0 saturated carbocycles. The van der Waals surface area contributed by atoms with E-state index in [-0.39, 0.29) is 17.3 Å². The summed E-state index contributed by atoms with van der Waals surface area (Å²) in [5, 5.41) is 28.9. The molecule has 1 aliphatic carbocycles. The van der Waals surface area contributed by atoms with Crippen LogP contribution in [0.5, 0.6) is 11.5 Å². The summed E-state index contributed by atoms with van der Waals surface area (Å²) in [5.41, 5.74) is 1.25. The van der Waals surface area contributed by atoms with Crippen LogP contribution in [0.4, 0.5) is 0 Å². The summed E-state index contributed by atoms with van der Waals surface area (Å²) in [6.45, 7) is 6.59. The van der Waals surface area contributed by atoms with Gasteiger partial charge in [-0.05, 0) is 57.0 Å². The van der Waals surface area contributed by atoms with Gasteiger partial charge in [0.2, 0.25) is 0 Å². The first-order valence-corrected chi connectivity index (χ1v) is 11.4. The molecular formula is C22H25NO6S2. The number of benzene rings is 1. The zero-order chi connectivity index (χ0) is 23.1. The van der Waals surface area contributed by atoms with Gasteiger partial charge in [0, 0.05) is 24.4 Å². The molecule has 0 bridgehead atoms. The first kappa shape index (κ1) is 24.5. The summed E-state index contributed by atoms with van der Waals surface area (Å²) in [5.74, 6) is -0.668. The van der Waals surface area contributed by atoms with E-state index in [1.807, 2.05) is 6.92 Å². The molecule has 1 aliphatic heterocycles. The van der Waals surface area contributed by atoms with Crippen molar-refractivity contribution in [1.82, 2.24) is 4.58 Å². The molecule has 31 heavy (non-hydrogen) atoms. The highest BCUT2D eigenvalue weighted by molar-refractivity contribution is 7.36. The third-order valence-electron chi connectivity index (χ3n) is 4.52. The molecule has 166 valence electrons. The van der Waals surface area contributed by atoms with Crippen molar-refractivity contribution in [2.24, 2.45) is 0 Å². The van der Waals surface area contributed by atoms with Gasteiger partial charge in [0.05, 0.1) is 9.40 Å². The Morgan fingerprint density at radius 3 is 2.16 bits per heavy atom. The summed E-state index contributed by atoms with van der Waals surface area (Å²) in [4.78, 5) is 30.0. The molecule has 0 unspecified atom stereocenters. The molecule has 1 fully saturated rings. The van der Waals surface area contributed by atoms with Crippen molar-refractivity contribution >= 4 is 49.6 Å². The molecular weight excluding hydrogens is 438 g/mol. The fourth-order valence-electron chi connectivity index (χ4n) is 2.96. The molecule has 0 radical (unpaired) electrons. The van der Waals surface area contributed by atoms with Crippen LogP contribution in [0.15, 0.2) is 29.9 Å². The number of carbonyl (C=O) groups is 3. The van der Waals surface area contributed by atoms with Crippen molar-refractivity contribution in [2.75, 3.05) is 13.1 Å². The number of phenolic OH excluding ortho intramolecular Hbond substituents is 2. The minimum Gasteiger partial charge on any atom is -0.550 e. The Kier molecular flexibility index (Phi) is 8.70. The molecule has 2 aliphatic rings. The normalized spacial score (nSPS) is 15.6. The Morgan fingerprint density at radius 2 is 1.61 bits per heavy atom. The Bertz CT molecular complexity index is 1120. The van der Waals surface area contributed by atoms with Gasteiger partial charge in [0.25, 0.3) is 0 Å². The monoisotopic (exact) mass is 463 g/mol. The Balaban J connectivity index is 0.000000220. The van der Waals surface area contributed by atoms with Gasteiger partial charge in [0.1, 0.15) is 24.6 Å². The average molecular weight is 464 g/mol. The van der Waals surface area contributed by atoms with Gasteiger partial charge in [-0.2, -0.15) is 0 Å². The van der Waals surface area contributed by atoms with Crippen LogP contribution in [-0.2, 0) is 14.4 Å². The van der Waals surface area contributed by atoms with Gasteiger partial charge in [-0.1, -0.05) is 22.7 Å². The zero-order valence-electron chi connectivity index (χ0n) is 17.6. The minimum atomic E-state index is -1.08. The van der Waals surface area contributed by atoms with E-state index in [4.69, 9.17) is 9.90 Å². The SMILES string of the molecule is CC(=O)[O-].CC1=CC(=O)C=CC1=O.Cc1cc(O)c2sc(=[N+]3CCCCC3)sc2c1O. The molecule has 0 spiro atoms. The number of aryl methyl sites for hydroxylation is 1. The van der Waals surface area contributed by atoms with Crippen molar-refractivity contribution in [3.63, 3.8) is 0 Å². The number of hydrogen-bond acceptors (Lipinski definition) is 8. The molecule has 2 heterocycles. The Hall–Kier alpha value is -2.78. The van der Waals surface area contributed by atoms with E-state index in [1.165, 1.54) is 41.5 Å². The van der Waals surface area contributed by atoms with Crippen molar-refractivity contribution < 1.29 is 29.7 Å². The molecule has 7 nitrogen and oxygen atoms in total. The van der Waals surface area contributed by atoms with Crippen LogP contribution in [-0.4, -0.2) is 40.8 Å². The maximum Gasteiger partial charge on any atom is 0.315 e. The third kappa shape index (κ3) is 6.86. The number of aromatic hydroxyl groups is 2. The van der Waals surface area contributed by atoms with Gasteiger partial charge < -0.3 is 20.1 Å². The molecule has 1 saturated heterocycles. The predicted octanol–water partition coefficient (Wildman–Crippen LogP) is 2.04. The molecule has 1 aromatic carbocycles. The number of carboxylic acid groups (broad SMARTS) is 1. The lowest BCUT2D eigenvalue weighted by atomic mass is 10.1. The highest BCUT2D eigenvalue weighted by Gasteiger charge is 2.18. The lowest BCUT2D eigenvalue weighted by Crippen LogP contribution is -2.31. The largest absolute Gasteiger partial charge is 0.550 e. The number of rotatable bonds is 0. The van der Waals surface area contributed by atoms with Gasteiger partial charge in [-0.15, -0.1) is 0 Å². The van der Waals surface area contributed by atoms with E-state index in [2.05, 4.69) is 4.58 Å². The molecule has 2 aromatic rings. The minimum absolute atomic E-state index is 0.0744. The second kappa shape index (κ2) is 11.0. The van der Waals surface area contributed by atoms with E-state index in [0.717, 1.165) is 35.0 Å². The first-order valence-electron chi connectivity index (χ1n) is 9.75. The highest BCUT2D eigenvalue weighted by atomic mass is 32.2. The number of allylic oxidation sites excluding steroid dienone is 4. The molecule has 0 amide bonds. The Labute approximate surface area is 187 Å². The van der Waals surface area contributed by atoms with Crippen molar-refractivity contribution in [3.8, 4) is 11.5 Å². The fourth-order valence-corrected chi connectivity index (χ4v) is 5.66. The average Bonchev–Trinajstić information content (AvgIpc) is 3.16. The number of carboxylic acids is 1. The van der Waals surface area contributed by atoms with E-state index in [9.17, 15) is 19.8 Å². The summed E-state index contributed by atoms with van der Waals surface area (Å²) >= 11 is 3.18. The molecule has 9 heteroatoms. The number of phenols is 2. The first-order chi connectivity index (χ1) is 14.6. The van der Waals surface area contributed by atoms with E-state index in [0.29, 0.717) is 11.3 Å².